The number of hydrogen-bond donors (Lipinski definition) is 0. The number of ether oxygens (including phenoxy) is 1. The topological polar surface area (TPSA) is 44.1 Å². The van der Waals surface area contributed by atoms with Gasteiger partial charge in [0.05, 0.1) is 10.7 Å². The minimum Gasteiger partial charge on any atom is -0.482 e. The number of carbonyl (C=O) groups is 1. The summed E-state index contributed by atoms with van der Waals surface area (Å²) in [4.78, 5) is 12.3. The van der Waals surface area contributed by atoms with Gasteiger partial charge in [-0.15, -0.1) is 0 Å². The first-order valence-electron chi connectivity index (χ1n) is 6.98. The van der Waals surface area contributed by atoms with Crippen molar-refractivity contribution in [2.24, 2.45) is 0 Å². The molecule has 118 valence electrons. The number of carbonyl (C=O) groups excluding carboxylic acids is 1. The second-order valence-corrected chi connectivity index (χ2v) is 6.25. The van der Waals surface area contributed by atoms with E-state index in [4.69, 9.17) is 27.9 Å². The maximum absolute atomic E-state index is 12.3. The Labute approximate surface area is 140 Å². The summed E-state index contributed by atoms with van der Waals surface area (Å²) >= 11 is 11.8. The quantitative estimate of drug-likeness (QED) is 0.813. The van der Waals surface area contributed by atoms with Crippen LogP contribution in [0, 0.1) is 13.8 Å². The minimum absolute atomic E-state index is 0.138. The summed E-state index contributed by atoms with van der Waals surface area (Å²) in [6, 6.07) is 4.87. The van der Waals surface area contributed by atoms with Gasteiger partial charge in [0.15, 0.2) is 6.61 Å². The molecule has 6 heteroatoms. The number of halogens is 2. The van der Waals surface area contributed by atoms with E-state index in [1.807, 2.05) is 13.8 Å². The number of benzene rings is 1. The Bertz CT molecular complexity index is 708. The number of hydrogen-bond acceptors (Lipinski definition) is 3. The summed E-state index contributed by atoms with van der Waals surface area (Å²) in [6.07, 6.45) is 0. The van der Waals surface area contributed by atoms with Gasteiger partial charge in [-0.1, -0.05) is 37.0 Å². The van der Waals surface area contributed by atoms with Crippen LogP contribution in [0.1, 0.15) is 41.5 Å². The molecule has 0 amide bonds. The van der Waals surface area contributed by atoms with Crippen molar-refractivity contribution >= 4 is 29.1 Å². The van der Waals surface area contributed by atoms with Crippen LogP contribution < -0.4 is 4.74 Å². The molecule has 0 N–H and O–H groups in total. The summed E-state index contributed by atoms with van der Waals surface area (Å²) < 4.78 is 6.87. The maximum atomic E-state index is 12.3. The molecule has 0 spiro atoms. The molecule has 1 heterocycles. The van der Waals surface area contributed by atoms with E-state index in [0.29, 0.717) is 21.7 Å². The van der Waals surface area contributed by atoms with Gasteiger partial charge in [0.2, 0.25) is 0 Å². The lowest BCUT2D eigenvalue weighted by Gasteiger charge is -2.09. The zero-order valence-corrected chi connectivity index (χ0v) is 14.5. The first-order valence-corrected chi connectivity index (χ1v) is 7.74. The number of aromatic nitrogens is 2. The van der Waals surface area contributed by atoms with Crippen molar-refractivity contribution in [2.75, 3.05) is 6.61 Å². The summed E-state index contributed by atoms with van der Waals surface area (Å²) in [5, 5.41) is 5.20. The Morgan fingerprint density at radius 1 is 1.32 bits per heavy atom. The molecule has 0 unspecified atom stereocenters. The molecule has 0 aliphatic rings. The van der Waals surface area contributed by atoms with Gasteiger partial charge in [-0.05, 0) is 43.5 Å². The largest absolute Gasteiger partial charge is 0.482 e. The normalized spacial score (nSPS) is 11.0. The molecule has 1 aromatic carbocycles. The van der Waals surface area contributed by atoms with Crippen molar-refractivity contribution in [3.63, 3.8) is 0 Å². The van der Waals surface area contributed by atoms with Gasteiger partial charge >= 0.3 is 0 Å². The smallest absolute Gasteiger partial charge is 0.284 e. The van der Waals surface area contributed by atoms with Crippen LogP contribution in [0.3, 0.4) is 0 Å². The first-order chi connectivity index (χ1) is 10.3. The fraction of sp³-hybridized carbons (Fsp3) is 0.375. The SMILES string of the molecule is Cc1nn(C(=O)COc2ccc(Cl)cc2Cl)c(C)c1C(C)C. The highest BCUT2D eigenvalue weighted by molar-refractivity contribution is 6.35. The number of aryl methyl sites for hydroxylation is 1. The van der Waals surface area contributed by atoms with E-state index in [-0.39, 0.29) is 12.5 Å². The monoisotopic (exact) mass is 340 g/mol. The molecule has 0 saturated carbocycles. The molecule has 1 aromatic heterocycles. The first kappa shape index (κ1) is 16.8. The highest BCUT2D eigenvalue weighted by Gasteiger charge is 2.19. The molecule has 0 aliphatic carbocycles. The van der Waals surface area contributed by atoms with Crippen molar-refractivity contribution in [1.29, 1.82) is 0 Å². The second-order valence-electron chi connectivity index (χ2n) is 5.41. The van der Waals surface area contributed by atoms with Crippen LogP contribution in [0.2, 0.25) is 10.0 Å². The van der Waals surface area contributed by atoms with Crippen molar-refractivity contribution in [3.05, 3.63) is 45.2 Å². The maximum Gasteiger partial charge on any atom is 0.284 e. The van der Waals surface area contributed by atoms with Crippen LogP contribution in [0.15, 0.2) is 18.2 Å². The Morgan fingerprint density at radius 2 is 2.00 bits per heavy atom. The molecule has 0 radical (unpaired) electrons. The summed E-state index contributed by atoms with van der Waals surface area (Å²) in [5.41, 5.74) is 2.81. The number of rotatable bonds is 4. The van der Waals surface area contributed by atoms with E-state index in [0.717, 1.165) is 17.0 Å². The molecule has 22 heavy (non-hydrogen) atoms. The predicted octanol–water partition coefficient (Wildman–Crippen LogP) is 4.65. The van der Waals surface area contributed by atoms with Crippen LogP contribution >= 0.6 is 23.2 Å². The molecule has 4 nitrogen and oxygen atoms in total. The predicted molar refractivity (Wildman–Crippen MR) is 88.4 cm³/mol. The van der Waals surface area contributed by atoms with Crippen LogP contribution in [0.25, 0.3) is 0 Å². The molecular weight excluding hydrogens is 323 g/mol. The lowest BCUT2D eigenvalue weighted by molar-refractivity contribution is 0.0818. The third-order valence-electron chi connectivity index (χ3n) is 3.41. The molecule has 0 aliphatic heterocycles. The summed E-state index contributed by atoms with van der Waals surface area (Å²) in [7, 11) is 0. The van der Waals surface area contributed by atoms with Crippen molar-refractivity contribution in [1.82, 2.24) is 9.78 Å². The van der Waals surface area contributed by atoms with E-state index in [2.05, 4.69) is 18.9 Å². The van der Waals surface area contributed by atoms with E-state index in [9.17, 15) is 4.79 Å². The van der Waals surface area contributed by atoms with Gasteiger partial charge in [-0.2, -0.15) is 5.10 Å². The van der Waals surface area contributed by atoms with Crippen LogP contribution in [-0.2, 0) is 0 Å². The molecule has 0 atom stereocenters. The van der Waals surface area contributed by atoms with Gasteiger partial charge in [0.25, 0.3) is 5.91 Å². The molecule has 0 saturated heterocycles. The average molecular weight is 341 g/mol. The third-order valence-corrected chi connectivity index (χ3v) is 3.94. The van der Waals surface area contributed by atoms with E-state index in [1.165, 1.54) is 4.68 Å². The Hall–Kier alpha value is -1.52. The van der Waals surface area contributed by atoms with Crippen LogP contribution in [0.4, 0.5) is 0 Å². The Balaban J connectivity index is 2.15. The summed E-state index contributed by atoms with van der Waals surface area (Å²) in [5.74, 6) is 0.497. The van der Waals surface area contributed by atoms with E-state index in [1.54, 1.807) is 18.2 Å². The lowest BCUT2D eigenvalue weighted by Crippen LogP contribution is -2.22. The molecule has 0 bridgehead atoms. The summed E-state index contributed by atoms with van der Waals surface area (Å²) in [6.45, 7) is 7.82. The van der Waals surface area contributed by atoms with Crippen LogP contribution in [-0.4, -0.2) is 22.3 Å². The highest BCUT2D eigenvalue weighted by atomic mass is 35.5. The van der Waals surface area contributed by atoms with E-state index >= 15 is 0 Å². The molecule has 0 fully saturated rings. The van der Waals surface area contributed by atoms with Crippen molar-refractivity contribution in [2.45, 2.75) is 33.6 Å². The van der Waals surface area contributed by atoms with Crippen molar-refractivity contribution in [3.8, 4) is 5.75 Å². The second kappa shape index (κ2) is 6.71. The lowest BCUT2D eigenvalue weighted by atomic mass is 10.0. The standard InChI is InChI=1S/C16H18Cl2N2O2/c1-9(2)16-10(3)19-20(11(16)4)15(21)8-22-14-6-5-12(17)7-13(14)18/h5-7,9H,8H2,1-4H3. The molecular formula is C16H18Cl2N2O2. The van der Waals surface area contributed by atoms with Crippen molar-refractivity contribution < 1.29 is 9.53 Å². The average Bonchev–Trinajstić information content (AvgIpc) is 2.72. The van der Waals surface area contributed by atoms with Gasteiger partial charge in [0, 0.05) is 10.7 Å². The minimum atomic E-state index is -0.237. The Kier molecular flexibility index (Phi) is 5.14. The highest BCUT2D eigenvalue weighted by Crippen LogP contribution is 2.27. The van der Waals surface area contributed by atoms with Gasteiger partial charge in [-0.25, -0.2) is 4.68 Å². The van der Waals surface area contributed by atoms with Gasteiger partial charge in [0.1, 0.15) is 5.75 Å². The van der Waals surface area contributed by atoms with Gasteiger partial charge < -0.3 is 4.74 Å². The molecule has 2 aromatic rings. The van der Waals surface area contributed by atoms with Gasteiger partial charge in [-0.3, -0.25) is 4.79 Å². The molecule has 2 rings (SSSR count). The Morgan fingerprint density at radius 3 is 2.55 bits per heavy atom. The third kappa shape index (κ3) is 3.45. The van der Waals surface area contributed by atoms with Crippen LogP contribution in [0.5, 0.6) is 5.75 Å². The van der Waals surface area contributed by atoms with E-state index < -0.39 is 0 Å². The fourth-order valence-electron chi connectivity index (χ4n) is 2.53. The zero-order chi connectivity index (χ0) is 16.4. The fourth-order valence-corrected chi connectivity index (χ4v) is 2.99. The number of nitrogens with zero attached hydrogens (tertiary/aromatic N) is 2. The zero-order valence-electron chi connectivity index (χ0n) is 13.0.